The maximum absolute atomic E-state index is 11.7. The smallest absolute Gasteiger partial charge is 0.314 e. The van der Waals surface area contributed by atoms with Crippen molar-refractivity contribution in [3.05, 3.63) is 0 Å². The number of urea groups is 1. The third kappa shape index (κ3) is 5.23. The highest BCUT2D eigenvalue weighted by molar-refractivity contribution is 7.98. The van der Waals surface area contributed by atoms with Crippen molar-refractivity contribution in [2.75, 3.05) is 25.1 Å². The van der Waals surface area contributed by atoms with Gasteiger partial charge in [-0.1, -0.05) is 26.2 Å². The van der Waals surface area contributed by atoms with E-state index >= 15 is 0 Å². The molecule has 0 saturated heterocycles. The monoisotopic (exact) mass is 302 g/mol. The summed E-state index contributed by atoms with van der Waals surface area (Å²) in [6.45, 7) is 2.93. The van der Waals surface area contributed by atoms with Gasteiger partial charge in [-0.15, -0.1) is 0 Å². The van der Waals surface area contributed by atoms with Crippen LogP contribution in [0.25, 0.3) is 0 Å². The number of hydrogen-bond donors (Lipinski definition) is 3. The molecule has 0 radical (unpaired) electrons. The molecule has 1 atom stereocenters. The summed E-state index contributed by atoms with van der Waals surface area (Å²) in [6, 6.07) is -0.260. The number of amides is 2. The van der Waals surface area contributed by atoms with Crippen molar-refractivity contribution < 1.29 is 14.7 Å². The van der Waals surface area contributed by atoms with Gasteiger partial charge in [-0.05, 0) is 30.8 Å². The van der Waals surface area contributed by atoms with Gasteiger partial charge in [-0.2, -0.15) is 11.8 Å². The van der Waals surface area contributed by atoms with E-state index in [9.17, 15) is 14.7 Å². The van der Waals surface area contributed by atoms with E-state index in [1.54, 1.807) is 11.8 Å². The fourth-order valence-electron chi connectivity index (χ4n) is 2.62. The van der Waals surface area contributed by atoms with Gasteiger partial charge in [0, 0.05) is 13.1 Å². The number of thioether (sulfide) groups is 1. The molecule has 0 aliphatic heterocycles. The van der Waals surface area contributed by atoms with E-state index in [0.717, 1.165) is 25.0 Å². The van der Waals surface area contributed by atoms with Crippen molar-refractivity contribution in [2.45, 2.75) is 39.0 Å². The minimum Gasteiger partial charge on any atom is -0.481 e. The molecule has 0 aromatic carbocycles. The SMILES string of the molecule is CSCC(C)CNC(=O)NCC1(C(=O)O)CCCCC1. The molecule has 6 heteroatoms. The molecule has 0 aromatic heterocycles. The summed E-state index contributed by atoms with van der Waals surface area (Å²) in [5, 5.41) is 15.0. The van der Waals surface area contributed by atoms with Crippen LogP contribution in [0.1, 0.15) is 39.0 Å². The molecule has 0 heterocycles. The Morgan fingerprint density at radius 2 is 1.90 bits per heavy atom. The van der Waals surface area contributed by atoms with Crippen LogP contribution in [-0.4, -0.2) is 42.2 Å². The Morgan fingerprint density at radius 3 is 2.45 bits per heavy atom. The average molecular weight is 302 g/mol. The Kier molecular flexibility index (Phi) is 7.19. The molecule has 116 valence electrons. The summed E-state index contributed by atoms with van der Waals surface area (Å²) in [5.41, 5.74) is -0.763. The molecule has 5 nitrogen and oxygen atoms in total. The molecule has 1 saturated carbocycles. The summed E-state index contributed by atoms with van der Waals surface area (Å²) in [7, 11) is 0. The Balaban J connectivity index is 2.36. The molecular formula is C14H26N2O3S. The first-order valence-electron chi connectivity index (χ1n) is 7.24. The van der Waals surface area contributed by atoms with Crippen LogP contribution in [-0.2, 0) is 4.79 Å². The summed E-state index contributed by atoms with van der Waals surface area (Å²) < 4.78 is 0. The summed E-state index contributed by atoms with van der Waals surface area (Å²) >= 11 is 1.75. The summed E-state index contributed by atoms with van der Waals surface area (Å²) in [4.78, 5) is 23.2. The summed E-state index contributed by atoms with van der Waals surface area (Å²) in [6.07, 6.45) is 6.31. The average Bonchev–Trinajstić information content (AvgIpc) is 2.44. The number of carbonyl (C=O) groups is 2. The molecule has 1 unspecified atom stereocenters. The third-order valence-corrected chi connectivity index (χ3v) is 4.82. The maximum Gasteiger partial charge on any atom is 0.314 e. The van der Waals surface area contributed by atoms with Gasteiger partial charge in [0.25, 0.3) is 0 Å². The first-order chi connectivity index (χ1) is 9.50. The maximum atomic E-state index is 11.7. The Bertz CT molecular complexity index is 330. The topological polar surface area (TPSA) is 78.4 Å². The number of nitrogens with one attached hydrogen (secondary N) is 2. The van der Waals surface area contributed by atoms with E-state index in [4.69, 9.17) is 0 Å². The molecule has 1 aliphatic rings. The van der Waals surface area contributed by atoms with Crippen LogP contribution in [0.4, 0.5) is 4.79 Å². The highest BCUT2D eigenvalue weighted by atomic mass is 32.2. The number of hydrogen-bond acceptors (Lipinski definition) is 3. The Labute approximate surface area is 125 Å². The lowest BCUT2D eigenvalue weighted by Gasteiger charge is -2.33. The van der Waals surface area contributed by atoms with Crippen molar-refractivity contribution in [3.8, 4) is 0 Å². The standard InChI is InChI=1S/C14H26N2O3S/c1-11(9-20-2)8-15-13(19)16-10-14(12(17)18)6-4-3-5-7-14/h11H,3-10H2,1-2H3,(H,17,18)(H2,15,16,19). The quantitative estimate of drug-likeness (QED) is 0.674. The molecular weight excluding hydrogens is 276 g/mol. The van der Waals surface area contributed by atoms with Crippen LogP contribution in [0.3, 0.4) is 0 Å². The zero-order chi connectivity index (χ0) is 15.0. The minimum absolute atomic E-state index is 0.227. The van der Waals surface area contributed by atoms with E-state index in [0.29, 0.717) is 25.3 Å². The second-order valence-corrected chi connectivity index (χ2v) is 6.68. The van der Waals surface area contributed by atoms with E-state index in [2.05, 4.69) is 17.6 Å². The van der Waals surface area contributed by atoms with Gasteiger partial charge >= 0.3 is 12.0 Å². The van der Waals surface area contributed by atoms with E-state index in [-0.39, 0.29) is 12.6 Å². The minimum atomic E-state index is -0.784. The highest BCUT2D eigenvalue weighted by Gasteiger charge is 2.39. The van der Waals surface area contributed by atoms with Crippen LogP contribution in [0.2, 0.25) is 0 Å². The number of carboxylic acids is 1. The van der Waals surface area contributed by atoms with Crippen molar-refractivity contribution >= 4 is 23.8 Å². The molecule has 0 aromatic rings. The molecule has 0 bridgehead atoms. The zero-order valence-corrected chi connectivity index (χ0v) is 13.2. The Hall–Kier alpha value is -0.910. The lowest BCUT2D eigenvalue weighted by Crippen LogP contribution is -2.47. The molecule has 3 N–H and O–H groups in total. The van der Waals surface area contributed by atoms with Gasteiger partial charge in [-0.25, -0.2) is 4.79 Å². The molecule has 1 fully saturated rings. The molecule has 1 rings (SSSR count). The zero-order valence-electron chi connectivity index (χ0n) is 12.4. The van der Waals surface area contributed by atoms with E-state index in [1.165, 1.54) is 0 Å². The van der Waals surface area contributed by atoms with Gasteiger partial charge in [0.05, 0.1) is 5.41 Å². The fraction of sp³-hybridized carbons (Fsp3) is 0.857. The summed E-state index contributed by atoms with van der Waals surface area (Å²) in [5.74, 6) is 0.631. The second-order valence-electron chi connectivity index (χ2n) is 5.77. The van der Waals surface area contributed by atoms with Crippen molar-refractivity contribution in [3.63, 3.8) is 0 Å². The lowest BCUT2D eigenvalue weighted by atomic mass is 9.74. The highest BCUT2D eigenvalue weighted by Crippen LogP contribution is 2.35. The first kappa shape index (κ1) is 17.1. The third-order valence-electron chi connectivity index (χ3n) is 3.91. The number of aliphatic carboxylic acids is 1. The van der Waals surface area contributed by atoms with Crippen LogP contribution in [0.15, 0.2) is 0 Å². The van der Waals surface area contributed by atoms with Crippen LogP contribution < -0.4 is 10.6 Å². The number of rotatable bonds is 7. The van der Waals surface area contributed by atoms with Crippen LogP contribution in [0.5, 0.6) is 0 Å². The van der Waals surface area contributed by atoms with Gasteiger partial charge < -0.3 is 15.7 Å². The van der Waals surface area contributed by atoms with Gasteiger partial charge in [0.15, 0.2) is 0 Å². The molecule has 20 heavy (non-hydrogen) atoms. The first-order valence-corrected chi connectivity index (χ1v) is 8.63. The predicted molar refractivity (Wildman–Crippen MR) is 82.1 cm³/mol. The van der Waals surface area contributed by atoms with Gasteiger partial charge in [0.2, 0.25) is 0 Å². The van der Waals surface area contributed by atoms with Gasteiger partial charge in [-0.3, -0.25) is 4.79 Å². The largest absolute Gasteiger partial charge is 0.481 e. The van der Waals surface area contributed by atoms with E-state index < -0.39 is 11.4 Å². The van der Waals surface area contributed by atoms with Crippen molar-refractivity contribution in [2.24, 2.45) is 11.3 Å². The second kappa shape index (κ2) is 8.39. The number of carbonyl (C=O) groups excluding carboxylic acids is 1. The van der Waals surface area contributed by atoms with Crippen molar-refractivity contribution in [1.29, 1.82) is 0 Å². The molecule has 0 spiro atoms. The molecule has 1 aliphatic carbocycles. The molecule has 2 amide bonds. The predicted octanol–water partition coefficient (Wildman–Crippen LogP) is 2.32. The van der Waals surface area contributed by atoms with Crippen LogP contribution >= 0.6 is 11.8 Å². The van der Waals surface area contributed by atoms with Crippen LogP contribution in [0, 0.1) is 11.3 Å². The number of carboxylic acid groups (broad SMARTS) is 1. The fourth-order valence-corrected chi connectivity index (χ4v) is 3.30. The normalized spacial score (nSPS) is 19.1. The van der Waals surface area contributed by atoms with Gasteiger partial charge in [0.1, 0.15) is 0 Å². The van der Waals surface area contributed by atoms with Crippen molar-refractivity contribution in [1.82, 2.24) is 10.6 Å². The lowest BCUT2D eigenvalue weighted by molar-refractivity contribution is -0.150. The van der Waals surface area contributed by atoms with E-state index in [1.807, 2.05) is 6.26 Å². The Morgan fingerprint density at radius 1 is 1.25 bits per heavy atom.